The topological polar surface area (TPSA) is 107 Å². The van der Waals surface area contributed by atoms with Gasteiger partial charge in [-0.3, -0.25) is 14.5 Å². The van der Waals surface area contributed by atoms with E-state index in [-0.39, 0.29) is 24.2 Å². The lowest BCUT2D eigenvalue weighted by molar-refractivity contribution is -0.138. The number of rotatable bonds is 2. The van der Waals surface area contributed by atoms with Crippen LogP contribution in [0.2, 0.25) is 0 Å². The number of hydrogen-bond donors (Lipinski definition) is 1. The number of halogens is 3. The fraction of sp³-hybridized carbons (Fsp3) is 0.429. The molecule has 3 heterocycles. The second-order valence-electron chi connectivity index (χ2n) is 8.59. The highest BCUT2D eigenvalue weighted by Gasteiger charge is 2.75. The summed E-state index contributed by atoms with van der Waals surface area (Å²) in [6, 6.07) is 4.22. The SMILES string of the molecule is Cc1cccc([C@H]2C3=CCn4c(=O)n(C)c(=O)n4[C@@H]3C[C@@]3(Cl)C(=O)N(CBr)C(=O)[C@@]23Cl)c1O. The average molecular weight is 558 g/mol. The zero-order chi connectivity index (χ0) is 24.0. The van der Waals surface area contributed by atoms with Crippen LogP contribution in [0.4, 0.5) is 0 Å². The number of fused-ring (bicyclic) bond motifs is 4. The average Bonchev–Trinajstić information content (AvgIpc) is 3.09. The number of carbonyl (C=O) groups is 2. The summed E-state index contributed by atoms with van der Waals surface area (Å²) in [5.41, 5.74) is 0.233. The van der Waals surface area contributed by atoms with Gasteiger partial charge in [0.2, 0.25) is 0 Å². The number of likely N-dealkylation sites (tertiary alicyclic amines) is 1. The molecule has 2 aliphatic heterocycles. The van der Waals surface area contributed by atoms with Crippen LogP contribution < -0.4 is 11.4 Å². The molecule has 5 rings (SSSR count). The monoisotopic (exact) mass is 556 g/mol. The minimum atomic E-state index is -1.95. The molecule has 1 aromatic heterocycles. The number of carbonyl (C=O) groups excluding carboxylic acids is 2. The van der Waals surface area contributed by atoms with Crippen LogP contribution in [0.15, 0.2) is 39.4 Å². The number of phenolic OH excluding ortho intramolecular Hbond substituents is 1. The van der Waals surface area contributed by atoms with Gasteiger partial charge in [0.25, 0.3) is 11.8 Å². The van der Waals surface area contributed by atoms with Crippen molar-refractivity contribution in [1.29, 1.82) is 0 Å². The van der Waals surface area contributed by atoms with Crippen LogP contribution in [0.5, 0.6) is 5.75 Å². The van der Waals surface area contributed by atoms with Gasteiger partial charge in [-0.05, 0) is 18.1 Å². The third kappa shape index (κ3) is 2.54. The van der Waals surface area contributed by atoms with Gasteiger partial charge in [-0.15, -0.1) is 23.2 Å². The Hall–Kier alpha value is -2.30. The van der Waals surface area contributed by atoms with Gasteiger partial charge in [-0.2, -0.15) is 0 Å². The summed E-state index contributed by atoms with van der Waals surface area (Å²) in [4.78, 5) is 49.6. The van der Waals surface area contributed by atoms with Gasteiger partial charge in [0.1, 0.15) is 5.75 Å². The van der Waals surface area contributed by atoms with Gasteiger partial charge in [-0.25, -0.2) is 23.5 Å². The lowest BCUT2D eigenvalue weighted by Crippen LogP contribution is -2.59. The van der Waals surface area contributed by atoms with Crippen molar-refractivity contribution < 1.29 is 14.7 Å². The first kappa shape index (κ1) is 22.5. The molecule has 4 atom stereocenters. The maximum absolute atomic E-state index is 13.6. The van der Waals surface area contributed by atoms with E-state index in [1.54, 1.807) is 31.2 Å². The number of imide groups is 1. The third-order valence-corrected chi connectivity index (χ3v) is 8.97. The second-order valence-corrected chi connectivity index (χ2v) is 10.3. The Kier molecular flexibility index (Phi) is 4.84. The highest BCUT2D eigenvalue weighted by atomic mass is 79.9. The molecule has 0 spiro atoms. The van der Waals surface area contributed by atoms with Crippen LogP contribution in [-0.2, 0) is 23.2 Å². The van der Waals surface area contributed by atoms with E-state index in [4.69, 9.17) is 23.2 Å². The first-order valence-electron chi connectivity index (χ1n) is 10.2. The van der Waals surface area contributed by atoms with Crippen molar-refractivity contribution in [3.8, 4) is 5.75 Å². The second kappa shape index (κ2) is 7.10. The van der Waals surface area contributed by atoms with Gasteiger partial charge >= 0.3 is 11.4 Å². The number of aromatic hydroxyl groups is 1. The summed E-state index contributed by atoms with van der Waals surface area (Å²) in [6.45, 7) is 1.77. The van der Waals surface area contributed by atoms with E-state index >= 15 is 0 Å². The zero-order valence-corrected chi connectivity index (χ0v) is 20.7. The van der Waals surface area contributed by atoms with Crippen LogP contribution in [0.3, 0.4) is 0 Å². The number of allylic oxidation sites excluding steroid dienone is 2. The Bertz CT molecular complexity index is 1390. The van der Waals surface area contributed by atoms with E-state index in [0.717, 1.165) is 9.47 Å². The van der Waals surface area contributed by atoms with Crippen LogP contribution in [-0.4, -0.2) is 51.0 Å². The smallest absolute Gasteiger partial charge is 0.347 e. The molecule has 1 saturated heterocycles. The molecular formula is C21H19BrCl2N4O5. The van der Waals surface area contributed by atoms with E-state index in [9.17, 15) is 24.3 Å². The molecule has 9 nitrogen and oxygen atoms in total. The zero-order valence-electron chi connectivity index (χ0n) is 17.6. The highest BCUT2D eigenvalue weighted by molar-refractivity contribution is 9.09. The molecule has 33 heavy (non-hydrogen) atoms. The van der Waals surface area contributed by atoms with Crippen molar-refractivity contribution in [3.63, 3.8) is 0 Å². The molecule has 12 heteroatoms. The number of para-hydroxylation sites is 1. The predicted molar refractivity (Wildman–Crippen MR) is 124 cm³/mol. The van der Waals surface area contributed by atoms with E-state index in [1.165, 1.54) is 16.4 Å². The number of alkyl halides is 3. The van der Waals surface area contributed by atoms with E-state index in [0.29, 0.717) is 16.7 Å². The normalized spacial score (nSPS) is 30.7. The van der Waals surface area contributed by atoms with E-state index in [2.05, 4.69) is 15.9 Å². The highest BCUT2D eigenvalue weighted by Crippen LogP contribution is 2.64. The number of phenols is 1. The van der Waals surface area contributed by atoms with Crippen molar-refractivity contribution in [2.45, 2.75) is 41.6 Å². The van der Waals surface area contributed by atoms with Gasteiger partial charge in [0.05, 0.1) is 18.0 Å². The minimum Gasteiger partial charge on any atom is -0.507 e. The van der Waals surface area contributed by atoms with Crippen LogP contribution in [0, 0.1) is 6.92 Å². The van der Waals surface area contributed by atoms with Gasteiger partial charge in [-0.1, -0.05) is 40.2 Å². The fourth-order valence-electron chi connectivity index (χ4n) is 5.38. The molecule has 2 amide bonds. The van der Waals surface area contributed by atoms with Crippen molar-refractivity contribution in [3.05, 3.63) is 61.9 Å². The van der Waals surface area contributed by atoms with Gasteiger partial charge < -0.3 is 5.11 Å². The molecule has 1 N–H and O–H groups in total. The molecule has 2 fully saturated rings. The first-order chi connectivity index (χ1) is 15.5. The Morgan fingerprint density at radius 1 is 1.15 bits per heavy atom. The summed E-state index contributed by atoms with van der Waals surface area (Å²) in [5, 5.41) is 11.0. The summed E-state index contributed by atoms with van der Waals surface area (Å²) in [6.07, 6.45) is 1.55. The Morgan fingerprint density at radius 3 is 2.52 bits per heavy atom. The van der Waals surface area contributed by atoms with Crippen molar-refractivity contribution >= 4 is 50.9 Å². The lowest BCUT2D eigenvalue weighted by Gasteiger charge is -2.49. The predicted octanol–water partition coefficient (Wildman–Crippen LogP) is 1.71. The number of amides is 2. The van der Waals surface area contributed by atoms with Gasteiger partial charge in [0, 0.05) is 24.9 Å². The van der Waals surface area contributed by atoms with Crippen LogP contribution in [0.1, 0.15) is 29.5 Å². The maximum Gasteiger partial charge on any atom is 0.347 e. The van der Waals surface area contributed by atoms with Gasteiger partial charge in [0.15, 0.2) is 9.75 Å². The first-order valence-corrected chi connectivity index (χ1v) is 12.0. The number of aromatic nitrogens is 3. The Balaban J connectivity index is 1.85. The minimum absolute atomic E-state index is 0.0658. The number of nitrogens with zero attached hydrogens (tertiary/aromatic N) is 4. The fourth-order valence-corrected chi connectivity index (χ4v) is 6.78. The third-order valence-electron chi connectivity index (χ3n) is 7.05. The molecule has 3 aliphatic rings. The Labute approximate surface area is 205 Å². The summed E-state index contributed by atoms with van der Waals surface area (Å²) in [7, 11) is 1.37. The molecular weight excluding hydrogens is 539 g/mol. The molecule has 0 radical (unpaired) electrons. The van der Waals surface area contributed by atoms with Crippen LogP contribution >= 0.6 is 39.1 Å². The largest absolute Gasteiger partial charge is 0.507 e. The standard InChI is InChI=1S/C21H19BrCl2N4O5/c1-10-4-3-5-12(15(10)29)14-11-6-7-27-18(32)25(2)19(33)28(27)13(11)8-20(23)16(30)26(9-22)17(31)21(14,20)24/h3-6,13-14,29H,7-9H2,1-2H3/t13-,14-,20-,21+/m1/s1. The van der Waals surface area contributed by atoms with E-state index in [1.807, 2.05) is 0 Å². The molecule has 2 aromatic rings. The van der Waals surface area contributed by atoms with Crippen molar-refractivity contribution in [2.24, 2.45) is 7.05 Å². The van der Waals surface area contributed by atoms with Crippen LogP contribution in [0.25, 0.3) is 0 Å². The number of benzene rings is 1. The number of aryl methyl sites for hydroxylation is 1. The van der Waals surface area contributed by atoms with Crippen molar-refractivity contribution in [1.82, 2.24) is 18.8 Å². The lowest BCUT2D eigenvalue weighted by atomic mass is 9.64. The molecule has 1 saturated carbocycles. The molecule has 0 bridgehead atoms. The Morgan fingerprint density at radius 2 is 1.85 bits per heavy atom. The molecule has 0 unspecified atom stereocenters. The number of hydrogen-bond acceptors (Lipinski definition) is 5. The molecule has 1 aromatic carbocycles. The van der Waals surface area contributed by atoms with Crippen molar-refractivity contribution in [2.75, 3.05) is 5.45 Å². The maximum atomic E-state index is 13.6. The molecule has 174 valence electrons. The summed E-state index contributed by atoms with van der Waals surface area (Å²) >= 11 is 17.2. The quantitative estimate of drug-likeness (QED) is 0.262. The summed E-state index contributed by atoms with van der Waals surface area (Å²) < 4.78 is 3.52. The molecule has 1 aliphatic carbocycles. The summed E-state index contributed by atoms with van der Waals surface area (Å²) in [5.74, 6) is -2.48. The van der Waals surface area contributed by atoms with E-state index < -0.39 is 44.9 Å².